The highest BCUT2D eigenvalue weighted by Crippen LogP contribution is 2.29. The summed E-state index contributed by atoms with van der Waals surface area (Å²) in [6, 6.07) is 16.5. The first kappa shape index (κ1) is 18.5. The van der Waals surface area contributed by atoms with Gasteiger partial charge in [-0.25, -0.2) is 4.79 Å². The molecule has 0 aliphatic carbocycles. The molecule has 0 heterocycles. The number of ether oxygens (including phenoxy) is 1. The number of amides is 1. The molecule has 1 amide bonds. The van der Waals surface area contributed by atoms with Gasteiger partial charge in [-0.2, -0.15) is 0 Å². The van der Waals surface area contributed by atoms with Crippen LogP contribution in [0.2, 0.25) is 0 Å². The molecule has 2 unspecified atom stereocenters. The summed E-state index contributed by atoms with van der Waals surface area (Å²) in [5, 5.41) is 11.6. The zero-order chi connectivity index (χ0) is 18.2. The van der Waals surface area contributed by atoms with Gasteiger partial charge in [-0.3, -0.25) is 4.79 Å². The minimum Gasteiger partial charge on any atom is -0.482 e. The smallest absolute Gasteiger partial charge is 0.341 e. The number of carboxylic acid groups (broad SMARTS) is 1. The Morgan fingerprint density at radius 2 is 1.84 bits per heavy atom. The van der Waals surface area contributed by atoms with Gasteiger partial charge in [0.05, 0.1) is 5.92 Å². The summed E-state index contributed by atoms with van der Waals surface area (Å²) in [7, 11) is 0. The predicted octanol–water partition coefficient (Wildman–Crippen LogP) is 3.92. The molecule has 0 radical (unpaired) electrons. The summed E-state index contributed by atoms with van der Waals surface area (Å²) >= 11 is 0. The molecule has 0 aliphatic heterocycles. The van der Waals surface area contributed by atoms with Gasteiger partial charge in [-0.1, -0.05) is 56.7 Å². The first-order valence-electron chi connectivity index (χ1n) is 8.31. The average Bonchev–Trinajstić information content (AvgIpc) is 2.61. The quantitative estimate of drug-likeness (QED) is 0.763. The Bertz CT molecular complexity index is 715. The monoisotopic (exact) mass is 341 g/mol. The van der Waals surface area contributed by atoms with E-state index in [4.69, 9.17) is 9.84 Å². The summed E-state index contributed by atoms with van der Waals surface area (Å²) in [6.45, 7) is 3.70. The van der Waals surface area contributed by atoms with E-state index in [1.54, 1.807) is 24.3 Å². The molecular formula is C20H23NO4. The van der Waals surface area contributed by atoms with Crippen LogP contribution in [0, 0.1) is 5.92 Å². The minimum atomic E-state index is -1.05. The van der Waals surface area contributed by atoms with Crippen molar-refractivity contribution in [1.29, 1.82) is 0 Å². The summed E-state index contributed by atoms with van der Waals surface area (Å²) in [5.74, 6) is -0.796. The second kappa shape index (κ2) is 8.87. The molecule has 0 spiro atoms. The van der Waals surface area contributed by atoms with Crippen LogP contribution in [0.15, 0.2) is 54.6 Å². The zero-order valence-corrected chi connectivity index (χ0v) is 14.4. The average molecular weight is 341 g/mol. The van der Waals surface area contributed by atoms with E-state index in [0.717, 1.165) is 12.0 Å². The highest BCUT2D eigenvalue weighted by Gasteiger charge is 2.25. The van der Waals surface area contributed by atoms with Gasteiger partial charge in [0.2, 0.25) is 5.91 Å². The van der Waals surface area contributed by atoms with Crippen LogP contribution in [0.1, 0.15) is 31.7 Å². The van der Waals surface area contributed by atoms with Crippen molar-refractivity contribution < 1.29 is 19.4 Å². The van der Waals surface area contributed by atoms with Crippen molar-refractivity contribution in [3.05, 3.63) is 60.2 Å². The lowest BCUT2D eigenvalue weighted by atomic mass is 9.85. The maximum Gasteiger partial charge on any atom is 0.341 e. The third-order valence-electron chi connectivity index (χ3n) is 4.12. The number of carboxylic acids is 1. The van der Waals surface area contributed by atoms with Crippen LogP contribution < -0.4 is 10.1 Å². The van der Waals surface area contributed by atoms with Gasteiger partial charge in [0.1, 0.15) is 5.75 Å². The second-order valence-electron chi connectivity index (χ2n) is 5.97. The first-order chi connectivity index (χ1) is 12.0. The maximum absolute atomic E-state index is 12.8. The van der Waals surface area contributed by atoms with Gasteiger partial charge in [0.15, 0.2) is 6.61 Å². The van der Waals surface area contributed by atoms with E-state index in [1.165, 1.54) is 0 Å². The normalized spacial score (nSPS) is 12.9. The lowest BCUT2D eigenvalue weighted by Gasteiger charge is -2.23. The van der Waals surface area contributed by atoms with Gasteiger partial charge in [0, 0.05) is 11.8 Å². The van der Waals surface area contributed by atoms with Crippen LogP contribution in [-0.2, 0) is 9.59 Å². The molecule has 2 N–H and O–H groups in total. The lowest BCUT2D eigenvalue weighted by Crippen LogP contribution is -2.26. The van der Waals surface area contributed by atoms with Crippen molar-refractivity contribution in [2.24, 2.45) is 5.92 Å². The molecule has 0 bridgehead atoms. The zero-order valence-electron chi connectivity index (χ0n) is 14.4. The third kappa shape index (κ3) is 5.35. The number of anilines is 1. The van der Waals surface area contributed by atoms with Crippen molar-refractivity contribution in [3.8, 4) is 5.75 Å². The van der Waals surface area contributed by atoms with E-state index in [2.05, 4.69) is 19.2 Å². The number of nitrogens with one attached hydrogen (secondary N) is 1. The Labute approximate surface area is 147 Å². The van der Waals surface area contributed by atoms with Crippen LogP contribution in [-0.4, -0.2) is 23.6 Å². The van der Waals surface area contributed by atoms with Crippen LogP contribution in [0.4, 0.5) is 5.69 Å². The standard InChI is InChI=1S/C20H23NO4/c1-3-14(2)19(15-8-5-4-6-9-15)20(24)21-16-10-7-11-17(12-16)25-13-18(22)23/h4-12,14,19H,3,13H2,1-2H3,(H,21,24)(H,22,23). The Morgan fingerprint density at radius 1 is 1.12 bits per heavy atom. The maximum atomic E-state index is 12.8. The molecule has 0 saturated heterocycles. The summed E-state index contributed by atoms with van der Waals surface area (Å²) in [5.41, 5.74) is 1.56. The van der Waals surface area contributed by atoms with E-state index in [9.17, 15) is 9.59 Å². The number of hydrogen-bond donors (Lipinski definition) is 2. The van der Waals surface area contributed by atoms with Crippen molar-refractivity contribution in [2.45, 2.75) is 26.2 Å². The number of rotatable bonds is 8. The molecule has 0 aromatic heterocycles. The molecule has 5 nitrogen and oxygen atoms in total. The largest absolute Gasteiger partial charge is 0.482 e. The minimum absolute atomic E-state index is 0.0871. The summed E-state index contributed by atoms with van der Waals surface area (Å²) < 4.78 is 5.15. The Balaban J connectivity index is 2.15. The Kier molecular flexibility index (Phi) is 6.57. The fourth-order valence-corrected chi connectivity index (χ4v) is 2.66. The predicted molar refractivity (Wildman–Crippen MR) is 96.8 cm³/mol. The number of aliphatic carboxylic acids is 1. The molecule has 2 aromatic carbocycles. The Hall–Kier alpha value is -2.82. The van der Waals surface area contributed by atoms with Crippen LogP contribution >= 0.6 is 0 Å². The van der Waals surface area contributed by atoms with E-state index in [0.29, 0.717) is 11.4 Å². The van der Waals surface area contributed by atoms with Gasteiger partial charge in [0.25, 0.3) is 0 Å². The molecular weight excluding hydrogens is 318 g/mol. The van der Waals surface area contributed by atoms with Gasteiger partial charge >= 0.3 is 5.97 Å². The molecule has 2 rings (SSSR count). The van der Waals surface area contributed by atoms with Crippen LogP contribution in [0.25, 0.3) is 0 Å². The van der Waals surface area contributed by atoms with E-state index < -0.39 is 12.6 Å². The topological polar surface area (TPSA) is 75.6 Å². The highest BCUT2D eigenvalue weighted by atomic mass is 16.5. The molecule has 5 heteroatoms. The van der Waals surface area contributed by atoms with Crippen LogP contribution in [0.3, 0.4) is 0 Å². The SMILES string of the molecule is CCC(C)C(C(=O)Nc1cccc(OCC(=O)O)c1)c1ccccc1. The molecule has 0 saturated carbocycles. The fraction of sp³-hybridized carbons (Fsp3) is 0.300. The fourth-order valence-electron chi connectivity index (χ4n) is 2.66. The summed E-state index contributed by atoms with van der Waals surface area (Å²) in [4.78, 5) is 23.4. The van der Waals surface area contributed by atoms with Crippen molar-refractivity contribution >= 4 is 17.6 Å². The number of carbonyl (C=O) groups is 2. The Morgan fingerprint density at radius 3 is 2.48 bits per heavy atom. The molecule has 25 heavy (non-hydrogen) atoms. The first-order valence-corrected chi connectivity index (χ1v) is 8.31. The van der Waals surface area contributed by atoms with Crippen molar-refractivity contribution in [1.82, 2.24) is 0 Å². The number of carbonyl (C=O) groups excluding carboxylic acids is 1. The van der Waals surface area contributed by atoms with Gasteiger partial charge < -0.3 is 15.2 Å². The highest BCUT2D eigenvalue weighted by molar-refractivity contribution is 5.96. The molecule has 0 aliphatic rings. The molecule has 132 valence electrons. The molecule has 2 aromatic rings. The van der Waals surface area contributed by atoms with E-state index >= 15 is 0 Å². The third-order valence-corrected chi connectivity index (χ3v) is 4.12. The summed E-state index contributed by atoms with van der Waals surface area (Å²) in [6.07, 6.45) is 0.884. The van der Waals surface area contributed by atoms with E-state index in [1.807, 2.05) is 30.3 Å². The van der Waals surface area contributed by atoms with E-state index in [-0.39, 0.29) is 17.7 Å². The van der Waals surface area contributed by atoms with Crippen molar-refractivity contribution in [3.63, 3.8) is 0 Å². The van der Waals surface area contributed by atoms with Gasteiger partial charge in [-0.05, 0) is 23.6 Å². The van der Waals surface area contributed by atoms with Gasteiger partial charge in [-0.15, -0.1) is 0 Å². The molecule has 2 atom stereocenters. The number of hydrogen-bond acceptors (Lipinski definition) is 3. The lowest BCUT2D eigenvalue weighted by molar-refractivity contribution is -0.139. The van der Waals surface area contributed by atoms with Crippen LogP contribution in [0.5, 0.6) is 5.75 Å². The number of benzene rings is 2. The second-order valence-corrected chi connectivity index (χ2v) is 5.97. The molecule has 0 fully saturated rings. The van der Waals surface area contributed by atoms with Crippen molar-refractivity contribution in [2.75, 3.05) is 11.9 Å².